The number of nitrogens with one attached hydrogen (secondary N) is 1. The molecule has 3 nitrogen and oxygen atoms in total. The van der Waals surface area contributed by atoms with Crippen LogP contribution in [0, 0.1) is 0 Å². The molecule has 2 N–H and O–H groups in total. The Morgan fingerprint density at radius 2 is 2.00 bits per heavy atom. The molecule has 1 fully saturated rings. The van der Waals surface area contributed by atoms with Crippen molar-refractivity contribution in [2.75, 3.05) is 26.2 Å². The number of aliphatic hydroxyl groups is 1. The molecule has 0 aromatic carbocycles. The molecule has 0 aromatic heterocycles. The van der Waals surface area contributed by atoms with E-state index in [-0.39, 0.29) is 12.1 Å². The summed E-state index contributed by atoms with van der Waals surface area (Å²) in [6, 6.07) is 0.665. The van der Waals surface area contributed by atoms with E-state index in [1.54, 1.807) is 0 Å². The molecule has 0 bridgehead atoms. The van der Waals surface area contributed by atoms with Crippen molar-refractivity contribution in [3.63, 3.8) is 0 Å². The Labute approximate surface area is 100 Å². The first-order valence-corrected chi connectivity index (χ1v) is 6.74. The number of aliphatic hydroxyl groups excluding tert-OH is 1. The standard InChI is InChI=1S/C13H28N2O/c1-4-9-15(5-2)10-8-13(3,11-16)14-12-6-7-12/h12,14,16H,4-11H2,1-3H3. The fourth-order valence-electron chi connectivity index (χ4n) is 2.07. The van der Waals surface area contributed by atoms with Crippen LogP contribution in [0.2, 0.25) is 0 Å². The van der Waals surface area contributed by atoms with Crippen molar-refractivity contribution in [2.45, 2.75) is 58.0 Å². The van der Waals surface area contributed by atoms with Crippen LogP contribution in [-0.2, 0) is 0 Å². The first kappa shape index (κ1) is 13.9. The zero-order valence-electron chi connectivity index (χ0n) is 11.1. The van der Waals surface area contributed by atoms with Crippen LogP contribution in [0.3, 0.4) is 0 Å². The van der Waals surface area contributed by atoms with Crippen LogP contribution in [0.1, 0.15) is 46.5 Å². The van der Waals surface area contributed by atoms with Gasteiger partial charge in [-0.3, -0.25) is 0 Å². The molecule has 16 heavy (non-hydrogen) atoms. The summed E-state index contributed by atoms with van der Waals surface area (Å²) in [6.45, 7) is 10.2. The molecule has 0 radical (unpaired) electrons. The highest BCUT2D eigenvalue weighted by Crippen LogP contribution is 2.24. The van der Waals surface area contributed by atoms with Gasteiger partial charge in [-0.2, -0.15) is 0 Å². The molecule has 1 rings (SSSR count). The van der Waals surface area contributed by atoms with Crippen molar-refractivity contribution in [1.29, 1.82) is 0 Å². The number of hydrogen-bond acceptors (Lipinski definition) is 3. The summed E-state index contributed by atoms with van der Waals surface area (Å²) >= 11 is 0. The van der Waals surface area contributed by atoms with Gasteiger partial charge in [0.1, 0.15) is 0 Å². The molecular formula is C13H28N2O. The van der Waals surface area contributed by atoms with Gasteiger partial charge in [0.25, 0.3) is 0 Å². The lowest BCUT2D eigenvalue weighted by molar-refractivity contribution is 0.145. The van der Waals surface area contributed by atoms with Gasteiger partial charge in [-0.05, 0) is 52.2 Å². The van der Waals surface area contributed by atoms with Crippen molar-refractivity contribution in [3.8, 4) is 0 Å². The van der Waals surface area contributed by atoms with E-state index in [0.29, 0.717) is 6.04 Å². The third-order valence-corrected chi connectivity index (χ3v) is 3.45. The highest BCUT2D eigenvalue weighted by atomic mass is 16.3. The third-order valence-electron chi connectivity index (χ3n) is 3.45. The van der Waals surface area contributed by atoms with Gasteiger partial charge in [0.2, 0.25) is 0 Å². The largest absolute Gasteiger partial charge is 0.394 e. The smallest absolute Gasteiger partial charge is 0.0611 e. The molecule has 1 aliphatic carbocycles. The molecule has 3 heteroatoms. The molecule has 0 aromatic rings. The Morgan fingerprint density at radius 1 is 1.31 bits per heavy atom. The lowest BCUT2D eigenvalue weighted by Gasteiger charge is -2.32. The molecule has 0 spiro atoms. The van der Waals surface area contributed by atoms with Gasteiger partial charge in [0, 0.05) is 11.6 Å². The van der Waals surface area contributed by atoms with E-state index in [4.69, 9.17) is 0 Å². The Balaban J connectivity index is 2.29. The highest BCUT2D eigenvalue weighted by Gasteiger charge is 2.31. The van der Waals surface area contributed by atoms with E-state index in [9.17, 15) is 5.11 Å². The van der Waals surface area contributed by atoms with E-state index >= 15 is 0 Å². The van der Waals surface area contributed by atoms with Crippen LogP contribution in [-0.4, -0.2) is 47.8 Å². The van der Waals surface area contributed by atoms with Gasteiger partial charge < -0.3 is 15.3 Å². The molecule has 1 aliphatic rings. The molecule has 1 saturated carbocycles. The predicted octanol–water partition coefficient (Wildman–Crippen LogP) is 1.61. The molecule has 1 unspecified atom stereocenters. The minimum atomic E-state index is -0.0810. The minimum Gasteiger partial charge on any atom is -0.394 e. The van der Waals surface area contributed by atoms with Gasteiger partial charge in [-0.1, -0.05) is 13.8 Å². The van der Waals surface area contributed by atoms with Crippen LogP contribution in [0.5, 0.6) is 0 Å². The molecule has 0 aliphatic heterocycles. The second-order valence-electron chi connectivity index (χ2n) is 5.32. The van der Waals surface area contributed by atoms with Gasteiger partial charge in [0.05, 0.1) is 6.61 Å². The SMILES string of the molecule is CCCN(CC)CCC(C)(CO)NC1CC1. The normalized spacial score (nSPS) is 20.1. The zero-order chi connectivity index (χ0) is 12.0. The fraction of sp³-hybridized carbons (Fsp3) is 1.00. The second kappa shape index (κ2) is 6.58. The third kappa shape index (κ3) is 4.81. The Bertz CT molecular complexity index is 194. The van der Waals surface area contributed by atoms with Crippen molar-refractivity contribution in [2.24, 2.45) is 0 Å². The topological polar surface area (TPSA) is 35.5 Å². The summed E-state index contributed by atoms with van der Waals surface area (Å²) in [5, 5.41) is 13.1. The first-order valence-electron chi connectivity index (χ1n) is 6.74. The van der Waals surface area contributed by atoms with Crippen LogP contribution in [0.25, 0.3) is 0 Å². The monoisotopic (exact) mass is 228 g/mol. The Morgan fingerprint density at radius 3 is 2.44 bits per heavy atom. The van der Waals surface area contributed by atoms with E-state index in [0.717, 1.165) is 19.5 Å². The first-order chi connectivity index (χ1) is 7.63. The van der Waals surface area contributed by atoms with Gasteiger partial charge in [-0.15, -0.1) is 0 Å². The number of hydrogen-bond donors (Lipinski definition) is 2. The van der Waals surface area contributed by atoms with E-state index in [1.165, 1.54) is 25.8 Å². The number of nitrogens with zero attached hydrogens (tertiary/aromatic N) is 1. The Kier molecular flexibility index (Phi) is 5.73. The van der Waals surface area contributed by atoms with Crippen LogP contribution >= 0.6 is 0 Å². The molecule has 0 saturated heterocycles. The molecule has 0 heterocycles. The summed E-state index contributed by atoms with van der Waals surface area (Å²) in [7, 11) is 0. The summed E-state index contributed by atoms with van der Waals surface area (Å²) in [5.74, 6) is 0. The molecule has 1 atom stereocenters. The summed E-state index contributed by atoms with van der Waals surface area (Å²) < 4.78 is 0. The predicted molar refractivity (Wildman–Crippen MR) is 68.7 cm³/mol. The maximum Gasteiger partial charge on any atom is 0.0611 e. The molecule has 0 amide bonds. The van der Waals surface area contributed by atoms with Crippen molar-refractivity contribution >= 4 is 0 Å². The average Bonchev–Trinajstić information content (AvgIpc) is 3.08. The van der Waals surface area contributed by atoms with E-state index in [1.807, 2.05) is 0 Å². The summed E-state index contributed by atoms with van der Waals surface area (Å²) in [4.78, 5) is 2.46. The van der Waals surface area contributed by atoms with E-state index in [2.05, 4.69) is 31.0 Å². The van der Waals surface area contributed by atoms with E-state index < -0.39 is 0 Å². The van der Waals surface area contributed by atoms with Crippen LogP contribution in [0.15, 0.2) is 0 Å². The summed E-state index contributed by atoms with van der Waals surface area (Å²) in [6.07, 6.45) is 4.80. The maximum atomic E-state index is 9.50. The summed E-state index contributed by atoms with van der Waals surface area (Å²) in [5.41, 5.74) is -0.0810. The van der Waals surface area contributed by atoms with Crippen LogP contribution in [0.4, 0.5) is 0 Å². The van der Waals surface area contributed by atoms with Crippen LogP contribution < -0.4 is 5.32 Å². The fourth-order valence-corrected chi connectivity index (χ4v) is 2.07. The van der Waals surface area contributed by atoms with Gasteiger partial charge in [0.15, 0.2) is 0 Å². The minimum absolute atomic E-state index is 0.0810. The molecular weight excluding hydrogens is 200 g/mol. The zero-order valence-corrected chi connectivity index (χ0v) is 11.1. The van der Waals surface area contributed by atoms with Gasteiger partial charge in [-0.25, -0.2) is 0 Å². The van der Waals surface area contributed by atoms with Crippen molar-refractivity contribution < 1.29 is 5.11 Å². The quantitative estimate of drug-likeness (QED) is 0.629. The Hall–Kier alpha value is -0.120. The molecule has 96 valence electrons. The van der Waals surface area contributed by atoms with Crippen molar-refractivity contribution in [3.05, 3.63) is 0 Å². The maximum absolute atomic E-state index is 9.50. The second-order valence-corrected chi connectivity index (χ2v) is 5.32. The highest BCUT2D eigenvalue weighted by molar-refractivity contribution is 4.92. The number of rotatable bonds is 9. The lowest BCUT2D eigenvalue weighted by Crippen LogP contribution is -2.49. The average molecular weight is 228 g/mol. The van der Waals surface area contributed by atoms with Gasteiger partial charge >= 0.3 is 0 Å². The lowest BCUT2D eigenvalue weighted by atomic mass is 9.98. The van der Waals surface area contributed by atoms with Crippen molar-refractivity contribution in [1.82, 2.24) is 10.2 Å².